The summed E-state index contributed by atoms with van der Waals surface area (Å²) in [5, 5.41) is 5.26. The van der Waals surface area contributed by atoms with E-state index in [0.29, 0.717) is 11.1 Å². The highest BCUT2D eigenvalue weighted by Gasteiger charge is 2.30. The first-order valence-electron chi connectivity index (χ1n) is 8.17. The molecule has 0 saturated carbocycles. The Bertz CT molecular complexity index is 807. The number of carbonyl (C=O) groups excluding carboxylic acids is 2. The van der Waals surface area contributed by atoms with Gasteiger partial charge >= 0.3 is 6.18 Å². The average Bonchev–Trinajstić information content (AvgIpc) is 2.61. The lowest BCUT2D eigenvalue weighted by atomic mass is 10.0. The van der Waals surface area contributed by atoms with Crippen molar-refractivity contribution < 1.29 is 22.8 Å². The molecule has 0 saturated heterocycles. The molecule has 2 amide bonds. The number of hydrogen-bond acceptors (Lipinski definition) is 2. The van der Waals surface area contributed by atoms with Crippen LogP contribution in [0.25, 0.3) is 0 Å². The number of rotatable bonds is 6. The van der Waals surface area contributed by atoms with Crippen molar-refractivity contribution in [2.24, 2.45) is 0 Å². The first-order valence-corrected chi connectivity index (χ1v) is 8.96. The lowest BCUT2D eigenvalue weighted by molar-refractivity contribution is -0.137. The molecule has 1 atom stereocenters. The summed E-state index contributed by atoms with van der Waals surface area (Å²) in [4.78, 5) is 23.9. The van der Waals surface area contributed by atoms with Crippen LogP contribution >= 0.6 is 15.9 Å². The van der Waals surface area contributed by atoms with E-state index in [1.165, 1.54) is 12.1 Å². The largest absolute Gasteiger partial charge is 0.416 e. The zero-order chi connectivity index (χ0) is 20.0. The van der Waals surface area contributed by atoms with Gasteiger partial charge in [0.05, 0.1) is 11.6 Å². The summed E-state index contributed by atoms with van der Waals surface area (Å²) in [5.41, 5.74) is 0.0656. The first-order chi connectivity index (χ1) is 12.7. The maximum atomic E-state index is 12.8. The average molecular weight is 443 g/mol. The van der Waals surface area contributed by atoms with E-state index in [2.05, 4.69) is 26.6 Å². The zero-order valence-electron chi connectivity index (χ0n) is 14.4. The summed E-state index contributed by atoms with van der Waals surface area (Å²) in [6, 6.07) is 11.0. The normalized spacial score (nSPS) is 12.3. The van der Waals surface area contributed by atoms with Crippen LogP contribution in [0.4, 0.5) is 13.2 Å². The number of hydrogen-bond donors (Lipinski definition) is 2. The van der Waals surface area contributed by atoms with E-state index in [1.807, 2.05) is 0 Å². The third kappa shape index (κ3) is 6.39. The highest BCUT2D eigenvalue weighted by Crippen LogP contribution is 2.30. The molecule has 4 nitrogen and oxygen atoms in total. The van der Waals surface area contributed by atoms with Gasteiger partial charge in [0.2, 0.25) is 5.91 Å². The molecule has 0 spiro atoms. The van der Waals surface area contributed by atoms with Gasteiger partial charge in [0.25, 0.3) is 5.91 Å². The number of alkyl halides is 3. The molecule has 0 heterocycles. The van der Waals surface area contributed by atoms with Crippen LogP contribution in [0.5, 0.6) is 0 Å². The van der Waals surface area contributed by atoms with Crippen LogP contribution in [0, 0.1) is 0 Å². The monoisotopic (exact) mass is 442 g/mol. The van der Waals surface area contributed by atoms with E-state index in [-0.39, 0.29) is 24.8 Å². The number of benzene rings is 2. The number of halogens is 4. The van der Waals surface area contributed by atoms with Crippen molar-refractivity contribution in [1.82, 2.24) is 10.6 Å². The van der Waals surface area contributed by atoms with Crippen LogP contribution in [0.2, 0.25) is 0 Å². The smallest absolute Gasteiger partial charge is 0.352 e. The second-order valence-corrected chi connectivity index (χ2v) is 6.84. The van der Waals surface area contributed by atoms with Gasteiger partial charge in [0.1, 0.15) is 0 Å². The Balaban J connectivity index is 1.83. The summed E-state index contributed by atoms with van der Waals surface area (Å²) in [5.74, 6) is -0.669. The lowest BCUT2D eigenvalue weighted by Crippen LogP contribution is -2.32. The van der Waals surface area contributed by atoms with Crippen molar-refractivity contribution >= 4 is 27.7 Å². The minimum Gasteiger partial charge on any atom is -0.352 e. The first kappa shape index (κ1) is 21.0. The second-order valence-electron chi connectivity index (χ2n) is 5.93. The fourth-order valence-corrected chi connectivity index (χ4v) is 2.64. The fourth-order valence-electron chi connectivity index (χ4n) is 2.37. The third-order valence-corrected chi connectivity index (χ3v) is 4.36. The van der Waals surface area contributed by atoms with E-state index < -0.39 is 17.8 Å². The molecule has 2 rings (SSSR count). The Morgan fingerprint density at radius 3 is 2.41 bits per heavy atom. The van der Waals surface area contributed by atoms with Gasteiger partial charge in [-0.15, -0.1) is 0 Å². The molecule has 0 aromatic heterocycles. The predicted molar refractivity (Wildman–Crippen MR) is 99.1 cm³/mol. The van der Waals surface area contributed by atoms with Crippen LogP contribution in [-0.2, 0) is 11.0 Å². The molecule has 2 N–H and O–H groups in total. The van der Waals surface area contributed by atoms with Gasteiger partial charge in [0.15, 0.2) is 0 Å². The van der Waals surface area contributed by atoms with Crippen molar-refractivity contribution in [1.29, 1.82) is 0 Å². The van der Waals surface area contributed by atoms with Crippen molar-refractivity contribution in [3.63, 3.8) is 0 Å². The summed E-state index contributed by atoms with van der Waals surface area (Å²) >= 11 is 3.28. The van der Waals surface area contributed by atoms with Crippen LogP contribution in [0.15, 0.2) is 53.0 Å². The molecule has 0 bridgehead atoms. The van der Waals surface area contributed by atoms with Crippen molar-refractivity contribution in [3.05, 3.63) is 69.7 Å². The number of carbonyl (C=O) groups is 2. The molecule has 1 unspecified atom stereocenters. The van der Waals surface area contributed by atoms with Crippen LogP contribution in [-0.4, -0.2) is 18.4 Å². The number of nitrogens with one attached hydrogen (secondary N) is 2. The molecule has 0 radical (unpaired) electrons. The summed E-state index contributed by atoms with van der Waals surface area (Å²) < 4.78 is 39.2. The Morgan fingerprint density at radius 1 is 1.11 bits per heavy atom. The Kier molecular flexibility index (Phi) is 7.01. The Hall–Kier alpha value is -2.35. The fraction of sp³-hybridized carbons (Fsp3) is 0.263. The van der Waals surface area contributed by atoms with E-state index in [9.17, 15) is 22.8 Å². The molecular formula is C19H18BrF3N2O2. The third-order valence-electron chi connectivity index (χ3n) is 3.84. The summed E-state index contributed by atoms with van der Waals surface area (Å²) in [6.45, 7) is 1.73. The highest BCUT2D eigenvalue weighted by atomic mass is 79.9. The maximum Gasteiger partial charge on any atom is 0.416 e. The van der Waals surface area contributed by atoms with E-state index in [0.717, 1.165) is 16.6 Å². The minimum atomic E-state index is -4.43. The van der Waals surface area contributed by atoms with Crippen molar-refractivity contribution in [2.75, 3.05) is 6.54 Å². The molecule has 27 heavy (non-hydrogen) atoms. The SMILES string of the molecule is CC(NC(=O)CCNC(=O)c1ccc(Br)cc1)c1cccc(C(F)(F)F)c1. The van der Waals surface area contributed by atoms with Crippen molar-refractivity contribution in [2.45, 2.75) is 25.6 Å². The minimum absolute atomic E-state index is 0.0194. The van der Waals surface area contributed by atoms with Gasteiger partial charge in [0, 0.05) is 23.0 Å². The van der Waals surface area contributed by atoms with Crippen LogP contribution in [0.1, 0.15) is 40.9 Å². The molecule has 0 fully saturated rings. The Morgan fingerprint density at radius 2 is 1.78 bits per heavy atom. The van der Waals surface area contributed by atoms with Gasteiger partial charge in [-0.2, -0.15) is 13.2 Å². The van der Waals surface area contributed by atoms with Gasteiger partial charge in [-0.3, -0.25) is 9.59 Å². The Labute approximate surface area is 163 Å². The number of amides is 2. The zero-order valence-corrected chi connectivity index (χ0v) is 16.0. The summed E-state index contributed by atoms with van der Waals surface area (Å²) in [7, 11) is 0. The highest BCUT2D eigenvalue weighted by molar-refractivity contribution is 9.10. The molecular weight excluding hydrogens is 425 g/mol. The van der Waals surface area contributed by atoms with Crippen LogP contribution < -0.4 is 10.6 Å². The van der Waals surface area contributed by atoms with Crippen molar-refractivity contribution in [3.8, 4) is 0 Å². The molecule has 2 aromatic carbocycles. The maximum absolute atomic E-state index is 12.8. The topological polar surface area (TPSA) is 58.2 Å². The lowest BCUT2D eigenvalue weighted by Gasteiger charge is -2.16. The standard InChI is InChI=1S/C19H18BrF3N2O2/c1-12(14-3-2-4-15(11-14)19(21,22)23)25-17(26)9-10-24-18(27)13-5-7-16(20)8-6-13/h2-8,11-12H,9-10H2,1H3,(H,24,27)(H,25,26). The molecule has 0 aliphatic carbocycles. The van der Waals surface area contributed by atoms with E-state index >= 15 is 0 Å². The molecule has 144 valence electrons. The quantitative estimate of drug-likeness (QED) is 0.693. The summed E-state index contributed by atoms with van der Waals surface area (Å²) in [6.07, 6.45) is -4.41. The van der Waals surface area contributed by atoms with Gasteiger partial charge in [-0.25, -0.2) is 0 Å². The van der Waals surface area contributed by atoms with Gasteiger partial charge in [-0.05, 0) is 48.9 Å². The molecule has 2 aromatic rings. The van der Waals surface area contributed by atoms with Gasteiger partial charge < -0.3 is 10.6 Å². The molecule has 0 aliphatic rings. The van der Waals surface area contributed by atoms with Crippen LogP contribution in [0.3, 0.4) is 0 Å². The second kappa shape index (κ2) is 9.03. The van der Waals surface area contributed by atoms with E-state index in [4.69, 9.17) is 0 Å². The van der Waals surface area contributed by atoms with E-state index in [1.54, 1.807) is 31.2 Å². The predicted octanol–water partition coefficient (Wildman–Crippen LogP) is 4.47. The molecule has 0 aliphatic heterocycles. The molecule has 8 heteroatoms. The van der Waals surface area contributed by atoms with Gasteiger partial charge in [-0.1, -0.05) is 28.1 Å².